The van der Waals surface area contributed by atoms with E-state index >= 15 is 0 Å². The highest BCUT2D eigenvalue weighted by Crippen LogP contribution is 2.36. The van der Waals surface area contributed by atoms with E-state index in [1.54, 1.807) is 6.92 Å². The van der Waals surface area contributed by atoms with Gasteiger partial charge in [-0.1, -0.05) is 23.2 Å². The predicted molar refractivity (Wildman–Crippen MR) is 84.3 cm³/mol. The van der Waals surface area contributed by atoms with Gasteiger partial charge in [0.1, 0.15) is 10.8 Å². The first kappa shape index (κ1) is 17.2. The molecule has 0 bridgehead atoms. The molecule has 6 nitrogen and oxygen atoms in total. The Morgan fingerprint density at radius 3 is 2.65 bits per heavy atom. The number of esters is 1. The van der Waals surface area contributed by atoms with E-state index in [0.717, 1.165) is 0 Å². The van der Waals surface area contributed by atoms with Crippen molar-refractivity contribution in [3.63, 3.8) is 0 Å². The van der Waals surface area contributed by atoms with Gasteiger partial charge in [-0.3, -0.25) is 4.79 Å². The third-order valence-electron chi connectivity index (χ3n) is 2.67. The van der Waals surface area contributed by atoms with Gasteiger partial charge in [0.25, 0.3) is 0 Å². The first-order valence-corrected chi connectivity index (χ1v) is 7.23. The molecule has 23 heavy (non-hydrogen) atoms. The Bertz CT molecular complexity index is 771. The van der Waals surface area contributed by atoms with Crippen molar-refractivity contribution < 1.29 is 18.7 Å². The second-order valence-corrected chi connectivity index (χ2v) is 5.10. The van der Waals surface area contributed by atoms with Crippen LogP contribution in [0.2, 0.25) is 10.0 Å². The zero-order chi connectivity index (χ0) is 17.1. The summed E-state index contributed by atoms with van der Waals surface area (Å²) in [6.45, 7) is 3.09. The molecule has 0 spiro atoms. The van der Waals surface area contributed by atoms with Gasteiger partial charge >= 0.3 is 5.97 Å². The van der Waals surface area contributed by atoms with E-state index < -0.39 is 11.8 Å². The fourth-order valence-electron chi connectivity index (χ4n) is 1.75. The van der Waals surface area contributed by atoms with Crippen LogP contribution in [0.5, 0.6) is 11.6 Å². The molecule has 0 saturated carbocycles. The molecular weight excluding hydrogens is 348 g/mol. The lowest BCUT2D eigenvalue weighted by Crippen LogP contribution is -2.08. The van der Waals surface area contributed by atoms with Gasteiger partial charge in [-0.05, 0) is 19.1 Å². The molecule has 1 aromatic carbocycles. The monoisotopic (exact) mass is 359 g/mol. The molecule has 2 rings (SSSR count). The fourth-order valence-corrected chi connectivity index (χ4v) is 2.07. The number of nitrogen functional groups attached to an aromatic ring is 1. The molecule has 0 amide bonds. The topological polar surface area (TPSA) is 87.3 Å². The normalized spacial score (nSPS) is 10.5. The van der Waals surface area contributed by atoms with Gasteiger partial charge in [-0.15, -0.1) is 0 Å². The van der Waals surface area contributed by atoms with Crippen LogP contribution in [-0.2, 0) is 4.79 Å². The zero-order valence-corrected chi connectivity index (χ0v) is 13.7. The highest BCUT2D eigenvalue weighted by atomic mass is 35.5. The molecule has 0 fully saturated rings. The summed E-state index contributed by atoms with van der Waals surface area (Å²) in [5, 5.41) is -0.0291. The number of carbonyl (C=O) groups excluding carboxylic acids is 1. The minimum atomic E-state index is -0.755. The van der Waals surface area contributed by atoms with Crippen LogP contribution in [0.15, 0.2) is 12.1 Å². The minimum Gasteiger partial charge on any atom is -0.489 e. The highest BCUT2D eigenvalue weighted by molar-refractivity contribution is 6.34. The van der Waals surface area contributed by atoms with Crippen molar-refractivity contribution in [3.8, 4) is 23.0 Å². The Hall–Kier alpha value is -2.12. The van der Waals surface area contributed by atoms with Gasteiger partial charge < -0.3 is 15.2 Å². The summed E-state index contributed by atoms with van der Waals surface area (Å²) >= 11 is 11.8. The molecule has 0 atom stereocenters. The lowest BCUT2D eigenvalue weighted by Gasteiger charge is -2.12. The van der Waals surface area contributed by atoms with Gasteiger partial charge in [0.05, 0.1) is 17.2 Å². The Morgan fingerprint density at radius 2 is 2.04 bits per heavy atom. The largest absolute Gasteiger partial charge is 0.489 e. The number of ether oxygens (including phenoxy) is 2. The molecule has 0 aliphatic rings. The Labute approximate surface area is 141 Å². The fraction of sp³-hybridized carbons (Fsp3) is 0.214. The molecule has 9 heteroatoms. The van der Waals surface area contributed by atoms with Crippen LogP contribution in [0.3, 0.4) is 0 Å². The van der Waals surface area contributed by atoms with Crippen molar-refractivity contribution >= 4 is 35.0 Å². The summed E-state index contributed by atoms with van der Waals surface area (Å²) in [7, 11) is 0. The smallest absolute Gasteiger partial charge is 0.309 e. The van der Waals surface area contributed by atoms with Gasteiger partial charge in [-0.25, -0.2) is 9.37 Å². The molecule has 1 aromatic heterocycles. The summed E-state index contributed by atoms with van der Waals surface area (Å²) in [5.41, 5.74) is 5.64. The van der Waals surface area contributed by atoms with Crippen molar-refractivity contribution in [2.24, 2.45) is 0 Å². The number of halogens is 3. The molecule has 0 unspecified atom stereocenters. The van der Waals surface area contributed by atoms with Gasteiger partial charge in [0, 0.05) is 6.92 Å². The van der Waals surface area contributed by atoms with Gasteiger partial charge in [0.15, 0.2) is 17.4 Å². The molecule has 0 aliphatic heterocycles. The Kier molecular flexibility index (Phi) is 5.23. The SMILES string of the molecule is CCOc1c(Cl)ccc(-c2nc(N)c(Cl)c(OC(C)=O)n2)c1F. The lowest BCUT2D eigenvalue weighted by atomic mass is 10.2. The van der Waals surface area contributed by atoms with Crippen LogP contribution in [0.25, 0.3) is 11.4 Å². The number of rotatable bonds is 4. The molecule has 1 heterocycles. The van der Waals surface area contributed by atoms with E-state index in [-0.39, 0.29) is 45.5 Å². The molecule has 0 radical (unpaired) electrons. The third-order valence-corrected chi connectivity index (χ3v) is 3.32. The lowest BCUT2D eigenvalue weighted by molar-refractivity contribution is -0.132. The number of hydrogen-bond acceptors (Lipinski definition) is 6. The number of hydrogen-bond donors (Lipinski definition) is 1. The average Bonchev–Trinajstić information content (AvgIpc) is 2.47. The summed E-state index contributed by atoms with van der Waals surface area (Å²) in [6, 6.07) is 2.80. The maximum atomic E-state index is 14.6. The molecule has 122 valence electrons. The number of nitrogens with two attached hydrogens (primary N) is 1. The number of anilines is 1. The van der Waals surface area contributed by atoms with Gasteiger partial charge in [0.2, 0.25) is 5.88 Å². The van der Waals surface area contributed by atoms with Crippen molar-refractivity contribution in [1.82, 2.24) is 9.97 Å². The van der Waals surface area contributed by atoms with E-state index in [2.05, 4.69) is 9.97 Å². The number of nitrogens with zero attached hydrogens (tertiary/aromatic N) is 2. The molecule has 0 aliphatic carbocycles. The van der Waals surface area contributed by atoms with Crippen LogP contribution >= 0.6 is 23.2 Å². The van der Waals surface area contributed by atoms with E-state index in [1.807, 2.05) is 0 Å². The summed E-state index contributed by atoms with van der Waals surface area (Å²) in [5.74, 6) is -2.05. The molecule has 2 aromatic rings. The summed E-state index contributed by atoms with van der Waals surface area (Å²) in [4.78, 5) is 18.9. The maximum Gasteiger partial charge on any atom is 0.309 e. The van der Waals surface area contributed by atoms with Crippen molar-refractivity contribution in [2.45, 2.75) is 13.8 Å². The Morgan fingerprint density at radius 1 is 1.35 bits per heavy atom. The molecular formula is C14H12Cl2FN3O3. The average molecular weight is 360 g/mol. The summed E-state index contributed by atoms with van der Waals surface area (Å²) in [6.07, 6.45) is 0. The number of aromatic nitrogens is 2. The van der Waals surface area contributed by atoms with Crippen LogP contribution in [-0.4, -0.2) is 22.5 Å². The first-order chi connectivity index (χ1) is 10.8. The van der Waals surface area contributed by atoms with E-state index in [0.29, 0.717) is 0 Å². The number of benzene rings is 1. The van der Waals surface area contributed by atoms with Crippen LogP contribution in [0.4, 0.5) is 10.2 Å². The maximum absolute atomic E-state index is 14.6. The third kappa shape index (κ3) is 3.62. The predicted octanol–water partition coefficient (Wildman–Crippen LogP) is 3.50. The Balaban J connectivity index is 2.60. The second-order valence-electron chi connectivity index (χ2n) is 4.32. The van der Waals surface area contributed by atoms with E-state index in [9.17, 15) is 9.18 Å². The van der Waals surface area contributed by atoms with Crippen LogP contribution in [0, 0.1) is 5.82 Å². The van der Waals surface area contributed by atoms with E-state index in [1.165, 1.54) is 19.1 Å². The zero-order valence-electron chi connectivity index (χ0n) is 12.2. The first-order valence-electron chi connectivity index (χ1n) is 6.47. The number of carbonyl (C=O) groups is 1. The standard InChI is InChI=1S/C14H12Cl2FN3O3/c1-3-22-11-8(15)5-4-7(10(11)17)13-19-12(18)9(16)14(20-13)23-6(2)21/h4-5H,3H2,1-2H3,(H2,18,19,20). The highest BCUT2D eigenvalue weighted by Gasteiger charge is 2.20. The van der Waals surface area contributed by atoms with Crippen LogP contribution in [0.1, 0.15) is 13.8 Å². The molecule has 2 N–H and O–H groups in total. The molecule has 0 saturated heterocycles. The minimum absolute atomic E-state index is 0.0189. The van der Waals surface area contributed by atoms with Crippen LogP contribution < -0.4 is 15.2 Å². The van der Waals surface area contributed by atoms with Crippen molar-refractivity contribution in [3.05, 3.63) is 28.0 Å². The van der Waals surface area contributed by atoms with Crippen molar-refractivity contribution in [2.75, 3.05) is 12.3 Å². The van der Waals surface area contributed by atoms with E-state index in [4.69, 9.17) is 38.4 Å². The van der Waals surface area contributed by atoms with Gasteiger partial charge in [-0.2, -0.15) is 4.98 Å². The van der Waals surface area contributed by atoms with Crippen molar-refractivity contribution in [1.29, 1.82) is 0 Å². The summed E-state index contributed by atoms with van der Waals surface area (Å²) < 4.78 is 24.6. The quantitative estimate of drug-likeness (QED) is 0.840. The second kappa shape index (κ2) is 6.97.